The van der Waals surface area contributed by atoms with Crippen molar-refractivity contribution in [1.29, 1.82) is 0 Å². The van der Waals surface area contributed by atoms with Crippen LogP contribution in [0.25, 0.3) is 0 Å². The van der Waals surface area contributed by atoms with Crippen LogP contribution in [-0.2, 0) is 19.1 Å². The summed E-state index contributed by atoms with van der Waals surface area (Å²) in [5, 5.41) is 9.77. The molecule has 0 bridgehead atoms. The van der Waals surface area contributed by atoms with E-state index in [0.717, 1.165) is 38.5 Å². The van der Waals surface area contributed by atoms with Crippen LogP contribution in [0.5, 0.6) is 0 Å². The average molecular weight is 685 g/mol. The fraction of sp³-hybridized carbons (Fsp3) is 0.818. The third-order valence-electron chi connectivity index (χ3n) is 14.8. The molecule has 282 valence electrons. The van der Waals surface area contributed by atoms with Crippen LogP contribution in [-0.4, -0.2) is 35.9 Å². The predicted octanol–water partition coefficient (Wildman–Crippen LogP) is 11.6. The number of hydrogen-bond acceptors (Lipinski definition) is 5. The maximum atomic E-state index is 14.8. The number of benzene rings is 1. The van der Waals surface area contributed by atoms with Gasteiger partial charge in [0.1, 0.15) is 12.2 Å². The van der Waals surface area contributed by atoms with Crippen molar-refractivity contribution in [1.82, 2.24) is 0 Å². The highest BCUT2D eigenvalue weighted by Crippen LogP contribution is 2.68. The second-order valence-electron chi connectivity index (χ2n) is 20.5. The molecule has 1 aliphatic rings. The van der Waals surface area contributed by atoms with Crippen LogP contribution < -0.4 is 0 Å². The largest absolute Gasteiger partial charge is 0.463 e. The molecule has 0 heterocycles. The Balaban J connectivity index is 2.81. The number of carbonyl (C=O) groups is 2. The Labute approximate surface area is 302 Å². The zero-order valence-electron chi connectivity index (χ0n) is 34.9. The molecule has 0 aromatic heterocycles. The van der Waals surface area contributed by atoms with Crippen molar-refractivity contribution < 1.29 is 24.2 Å². The van der Waals surface area contributed by atoms with Gasteiger partial charge in [0, 0.05) is 0 Å². The number of carbonyl (C=O) groups excluding carboxylic acids is 2. The first-order valence-electron chi connectivity index (χ1n) is 19.1. The van der Waals surface area contributed by atoms with Gasteiger partial charge < -0.3 is 14.6 Å². The molecule has 0 radical (unpaired) electrons. The molecule has 1 aliphatic carbocycles. The molecule has 1 aromatic carbocycles. The van der Waals surface area contributed by atoms with Gasteiger partial charge in [0.25, 0.3) is 0 Å². The summed E-state index contributed by atoms with van der Waals surface area (Å²) in [7, 11) is 0. The van der Waals surface area contributed by atoms with Gasteiger partial charge >= 0.3 is 11.9 Å². The zero-order chi connectivity index (χ0) is 38.1. The van der Waals surface area contributed by atoms with Gasteiger partial charge in [-0.15, -0.1) is 0 Å². The lowest BCUT2D eigenvalue weighted by atomic mass is 9.40. The van der Waals surface area contributed by atoms with E-state index in [9.17, 15) is 14.7 Å². The normalized spacial score (nSPS) is 19.5. The smallest absolute Gasteiger partial charge is 0.313 e. The van der Waals surface area contributed by atoms with Crippen LogP contribution in [0.1, 0.15) is 174 Å². The van der Waals surface area contributed by atoms with Crippen LogP contribution in [0.15, 0.2) is 30.3 Å². The Hall–Kier alpha value is -1.88. The van der Waals surface area contributed by atoms with Crippen molar-refractivity contribution in [3.63, 3.8) is 0 Å². The summed E-state index contributed by atoms with van der Waals surface area (Å²) in [5.41, 5.74) is -3.68. The van der Waals surface area contributed by atoms with Gasteiger partial charge in [-0.3, -0.25) is 9.59 Å². The fourth-order valence-corrected chi connectivity index (χ4v) is 9.18. The van der Waals surface area contributed by atoms with Crippen LogP contribution in [0.3, 0.4) is 0 Å². The topological polar surface area (TPSA) is 72.8 Å². The van der Waals surface area contributed by atoms with Gasteiger partial charge in [-0.25, -0.2) is 0 Å². The molecular formula is C44H76O5. The maximum absolute atomic E-state index is 14.8. The number of rotatable bonds is 15. The first kappa shape index (κ1) is 43.3. The molecule has 3 unspecified atom stereocenters. The minimum absolute atomic E-state index is 0.0665. The number of aliphatic hydroxyl groups is 1. The van der Waals surface area contributed by atoms with E-state index in [4.69, 9.17) is 9.47 Å². The van der Waals surface area contributed by atoms with E-state index >= 15 is 0 Å². The molecular weight excluding hydrogens is 608 g/mol. The van der Waals surface area contributed by atoms with Gasteiger partial charge in [-0.1, -0.05) is 134 Å². The number of aliphatic hydroxyl groups excluding tert-OH is 1. The second kappa shape index (κ2) is 14.6. The third-order valence-corrected chi connectivity index (χ3v) is 14.8. The van der Waals surface area contributed by atoms with Crippen molar-refractivity contribution in [2.45, 2.75) is 174 Å². The van der Waals surface area contributed by atoms with E-state index in [2.05, 4.69) is 141 Å². The van der Waals surface area contributed by atoms with Crippen molar-refractivity contribution in [3.05, 3.63) is 35.9 Å². The molecule has 5 nitrogen and oxygen atoms in total. The predicted molar refractivity (Wildman–Crippen MR) is 204 cm³/mol. The highest BCUT2D eigenvalue weighted by Gasteiger charge is 2.68. The highest BCUT2D eigenvalue weighted by atomic mass is 16.6. The Kier molecular flexibility index (Phi) is 12.9. The molecule has 1 saturated carbocycles. The van der Waals surface area contributed by atoms with Crippen molar-refractivity contribution in [2.24, 2.45) is 43.3 Å². The fourth-order valence-electron chi connectivity index (χ4n) is 9.18. The molecule has 0 aliphatic heterocycles. The van der Waals surface area contributed by atoms with Gasteiger partial charge in [0.2, 0.25) is 0 Å². The Bertz CT molecular complexity index is 1250. The second-order valence-corrected chi connectivity index (χ2v) is 20.5. The number of hydrogen-bond donors (Lipinski definition) is 1. The van der Waals surface area contributed by atoms with Crippen LogP contribution >= 0.6 is 0 Å². The van der Waals surface area contributed by atoms with Crippen molar-refractivity contribution in [2.75, 3.05) is 13.2 Å². The summed E-state index contributed by atoms with van der Waals surface area (Å²) in [6.45, 7) is 37.2. The summed E-state index contributed by atoms with van der Waals surface area (Å²) in [4.78, 5) is 29.5. The van der Waals surface area contributed by atoms with E-state index in [1.165, 1.54) is 5.56 Å². The van der Waals surface area contributed by atoms with Crippen LogP contribution in [0, 0.1) is 43.3 Å². The summed E-state index contributed by atoms with van der Waals surface area (Å²) < 4.78 is 12.6. The molecule has 0 amide bonds. The Morgan fingerprint density at radius 3 is 1.71 bits per heavy atom. The van der Waals surface area contributed by atoms with Crippen LogP contribution in [0.4, 0.5) is 0 Å². The van der Waals surface area contributed by atoms with E-state index in [0.29, 0.717) is 6.42 Å². The molecule has 2 rings (SSSR count). The molecule has 5 heteroatoms. The maximum Gasteiger partial charge on any atom is 0.313 e. The first-order chi connectivity index (χ1) is 22.0. The standard InChI is InChI=1S/C44H76O5/c1-18-44(26-22-23-27-44)49-35(47)43(17,37(5,6)7)41(14,15)40(12,13)42(16,34(46)48-29-28-45)31-38(8,9)39(10,11)33(30-36(2,3)4)32-24-20-19-21-25-32/h19-21,24-25,33,45H,18,22-23,26-31H2,1-17H3. The monoisotopic (exact) mass is 685 g/mol. The van der Waals surface area contributed by atoms with Gasteiger partial charge in [0.15, 0.2) is 0 Å². The SMILES string of the molecule is CCC1(OC(=O)C(C)(C(C)(C)C)C(C)(C)C(C)(C)C(C)(CC(C)(C)C(C)(C)C(CC(C)(C)C)c2ccccc2)C(=O)OCCO)CCCC1. The lowest BCUT2D eigenvalue weighted by Crippen LogP contribution is -2.64. The van der Waals surface area contributed by atoms with Crippen molar-refractivity contribution >= 4 is 11.9 Å². The van der Waals surface area contributed by atoms with E-state index in [1.54, 1.807) is 0 Å². The molecule has 3 atom stereocenters. The minimum Gasteiger partial charge on any atom is -0.463 e. The lowest BCUT2D eigenvalue weighted by molar-refractivity contribution is -0.218. The summed E-state index contributed by atoms with van der Waals surface area (Å²) >= 11 is 0. The molecule has 0 spiro atoms. The van der Waals surface area contributed by atoms with Crippen LogP contribution in [0.2, 0.25) is 0 Å². The van der Waals surface area contributed by atoms with E-state index in [1.807, 2.05) is 6.92 Å². The zero-order valence-corrected chi connectivity index (χ0v) is 34.9. The van der Waals surface area contributed by atoms with E-state index in [-0.39, 0.29) is 47.3 Å². The Morgan fingerprint density at radius 1 is 0.776 bits per heavy atom. The van der Waals surface area contributed by atoms with Gasteiger partial charge in [0.05, 0.1) is 17.4 Å². The molecule has 1 N–H and O–H groups in total. The number of esters is 2. The highest BCUT2D eigenvalue weighted by molar-refractivity contribution is 5.81. The molecule has 1 fully saturated rings. The summed E-state index contributed by atoms with van der Waals surface area (Å²) in [5.74, 6) is -0.285. The third kappa shape index (κ3) is 8.12. The van der Waals surface area contributed by atoms with Gasteiger partial charge in [-0.05, 0) is 103 Å². The molecule has 0 saturated heterocycles. The molecule has 49 heavy (non-hydrogen) atoms. The first-order valence-corrected chi connectivity index (χ1v) is 19.1. The average Bonchev–Trinajstić information content (AvgIpc) is 3.45. The van der Waals surface area contributed by atoms with E-state index < -0.39 is 32.7 Å². The number of ether oxygens (including phenoxy) is 2. The lowest BCUT2D eigenvalue weighted by Gasteiger charge is -2.63. The quantitative estimate of drug-likeness (QED) is 0.186. The summed E-state index contributed by atoms with van der Waals surface area (Å²) in [6.07, 6.45) is 6.24. The molecule has 1 aromatic rings. The van der Waals surface area contributed by atoms with Gasteiger partial charge in [-0.2, -0.15) is 0 Å². The summed E-state index contributed by atoms with van der Waals surface area (Å²) in [6, 6.07) is 10.8. The Morgan fingerprint density at radius 2 is 1.29 bits per heavy atom. The van der Waals surface area contributed by atoms with Crippen molar-refractivity contribution in [3.8, 4) is 0 Å². The minimum atomic E-state index is -1.04.